The molecule has 1 atom stereocenters. The summed E-state index contributed by atoms with van der Waals surface area (Å²) < 4.78 is 7.69. The number of rotatable bonds is 5. The Morgan fingerprint density at radius 3 is 2.18 bits per heavy atom. The van der Waals surface area contributed by atoms with Crippen molar-refractivity contribution in [2.24, 2.45) is 7.05 Å². The average Bonchev–Trinajstić information content (AvgIpc) is 2.83. The highest BCUT2D eigenvalue weighted by Gasteiger charge is 2.26. The fourth-order valence-electron chi connectivity index (χ4n) is 3.65. The molecule has 1 amide bonds. The Morgan fingerprint density at radius 2 is 1.52 bits per heavy atom. The molecule has 1 heterocycles. The number of carbonyl (C=O) groups excluding carboxylic acids is 2. The average molecular weight is 505 g/mol. The second kappa shape index (κ2) is 9.42. The molecule has 4 rings (SSSR count). The summed E-state index contributed by atoms with van der Waals surface area (Å²) in [5.74, 6) is -1.23. The fourth-order valence-corrected chi connectivity index (χ4v) is 3.91. The highest BCUT2D eigenvalue weighted by atomic mass is 79.9. The van der Waals surface area contributed by atoms with Gasteiger partial charge in [0.1, 0.15) is 5.69 Å². The summed E-state index contributed by atoms with van der Waals surface area (Å²) in [5.41, 5.74) is 1.70. The number of halogens is 1. The predicted molar refractivity (Wildman–Crippen MR) is 132 cm³/mol. The van der Waals surface area contributed by atoms with Gasteiger partial charge in [-0.3, -0.25) is 9.59 Å². The van der Waals surface area contributed by atoms with E-state index >= 15 is 0 Å². The molecule has 0 aliphatic rings. The molecule has 6 nitrogen and oxygen atoms in total. The highest BCUT2D eigenvalue weighted by molar-refractivity contribution is 9.10. The van der Waals surface area contributed by atoms with Gasteiger partial charge in [0.2, 0.25) is 0 Å². The SMILES string of the molecule is CC(OC(=O)c1c(-c2ccccc2)c2ccccc2c(=O)n1C)C(=O)Nc1ccc(Br)cc1. The topological polar surface area (TPSA) is 77.4 Å². The molecule has 0 saturated heterocycles. The van der Waals surface area contributed by atoms with Crippen molar-refractivity contribution < 1.29 is 14.3 Å². The minimum Gasteiger partial charge on any atom is -0.448 e. The predicted octanol–water partition coefficient (Wildman–Crippen LogP) is 5.15. The zero-order valence-corrected chi connectivity index (χ0v) is 19.6. The third-order valence-corrected chi connectivity index (χ3v) is 5.85. The molecule has 0 radical (unpaired) electrons. The molecule has 1 aromatic heterocycles. The van der Waals surface area contributed by atoms with Gasteiger partial charge in [-0.15, -0.1) is 0 Å². The lowest BCUT2D eigenvalue weighted by atomic mass is 9.97. The van der Waals surface area contributed by atoms with Gasteiger partial charge in [0.15, 0.2) is 6.10 Å². The maximum absolute atomic E-state index is 13.3. The first-order valence-corrected chi connectivity index (χ1v) is 11.1. The van der Waals surface area contributed by atoms with Crippen LogP contribution >= 0.6 is 15.9 Å². The fraction of sp³-hybridized carbons (Fsp3) is 0.115. The van der Waals surface area contributed by atoms with E-state index < -0.39 is 18.0 Å². The largest absolute Gasteiger partial charge is 0.448 e. The number of nitrogens with one attached hydrogen (secondary N) is 1. The summed E-state index contributed by atoms with van der Waals surface area (Å²) in [5, 5.41) is 3.86. The molecule has 7 heteroatoms. The van der Waals surface area contributed by atoms with Crippen LogP contribution in [-0.2, 0) is 16.6 Å². The molecular formula is C26H21BrN2O4. The highest BCUT2D eigenvalue weighted by Crippen LogP contribution is 2.31. The van der Waals surface area contributed by atoms with Crippen LogP contribution in [-0.4, -0.2) is 22.5 Å². The lowest BCUT2D eigenvalue weighted by Crippen LogP contribution is -2.32. The first-order chi connectivity index (χ1) is 15.9. The number of anilines is 1. The zero-order valence-electron chi connectivity index (χ0n) is 18.0. The van der Waals surface area contributed by atoms with Crippen molar-refractivity contribution in [2.75, 3.05) is 5.32 Å². The Hall–Kier alpha value is -3.71. The van der Waals surface area contributed by atoms with Gasteiger partial charge in [-0.25, -0.2) is 4.79 Å². The second-order valence-electron chi connectivity index (χ2n) is 7.54. The molecule has 0 saturated carbocycles. The molecule has 0 fully saturated rings. The molecule has 4 aromatic rings. The van der Waals surface area contributed by atoms with Crippen molar-refractivity contribution in [1.82, 2.24) is 4.57 Å². The molecule has 1 unspecified atom stereocenters. The number of aromatic nitrogens is 1. The number of pyridine rings is 1. The maximum atomic E-state index is 13.3. The summed E-state index contributed by atoms with van der Waals surface area (Å²) in [6, 6.07) is 23.5. The molecule has 166 valence electrons. The van der Waals surface area contributed by atoms with Gasteiger partial charge < -0.3 is 14.6 Å². The monoisotopic (exact) mass is 504 g/mol. The summed E-state index contributed by atoms with van der Waals surface area (Å²) in [6.07, 6.45) is -1.08. The molecule has 0 bridgehead atoms. The first-order valence-electron chi connectivity index (χ1n) is 10.3. The van der Waals surface area contributed by atoms with Gasteiger partial charge >= 0.3 is 5.97 Å². The minimum absolute atomic E-state index is 0.0909. The Balaban J connectivity index is 1.72. The van der Waals surface area contributed by atoms with E-state index in [1.807, 2.05) is 36.4 Å². The van der Waals surface area contributed by atoms with E-state index in [1.165, 1.54) is 18.5 Å². The number of ether oxygens (including phenoxy) is 1. The van der Waals surface area contributed by atoms with Crippen LogP contribution in [0.25, 0.3) is 21.9 Å². The molecule has 0 spiro atoms. The molecular weight excluding hydrogens is 484 g/mol. The van der Waals surface area contributed by atoms with Gasteiger partial charge in [-0.05, 0) is 48.2 Å². The molecule has 0 aliphatic heterocycles. The van der Waals surface area contributed by atoms with Gasteiger partial charge in [0.05, 0.1) is 0 Å². The van der Waals surface area contributed by atoms with Crippen LogP contribution in [0.5, 0.6) is 0 Å². The van der Waals surface area contributed by atoms with Crippen molar-refractivity contribution in [3.05, 3.63) is 99.4 Å². The summed E-state index contributed by atoms with van der Waals surface area (Å²) in [7, 11) is 1.53. The van der Waals surface area contributed by atoms with E-state index in [-0.39, 0.29) is 11.3 Å². The maximum Gasteiger partial charge on any atom is 0.356 e. The number of nitrogens with zero attached hydrogens (tertiary/aromatic N) is 1. The number of esters is 1. The Morgan fingerprint density at radius 1 is 0.909 bits per heavy atom. The van der Waals surface area contributed by atoms with Crippen LogP contribution in [0, 0.1) is 0 Å². The van der Waals surface area contributed by atoms with E-state index in [1.54, 1.807) is 42.5 Å². The third-order valence-electron chi connectivity index (χ3n) is 5.32. The van der Waals surface area contributed by atoms with E-state index in [4.69, 9.17) is 4.74 Å². The lowest BCUT2D eigenvalue weighted by molar-refractivity contribution is -0.123. The minimum atomic E-state index is -1.08. The van der Waals surface area contributed by atoms with Crippen LogP contribution in [0.15, 0.2) is 88.1 Å². The van der Waals surface area contributed by atoms with Crippen LogP contribution in [0.2, 0.25) is 0 Å². The third kappa shape index (κ3) is 4.59. The van der Waals surface area contributed by atoms with E-state index in [0.29, 0.717) is 22.0 Å². The van der Waals surface area contributed by atoms with Crippen LogP contribution in [0.3, 0.4) is 0 Å². The number of hydrogen-bond acceptors (Lipinski definition) is 4. The van der Waals surface area contributed by atoms with Gasteiger partial charge in [0, 0.05) is 28.2 Å². The lowest BCUT2D eigenvalue weighted by Gasteiger charge is -2.19. The molecule has 1 N–H and O–H groups in total. The number of carbonyl (C=O) groups is 2. The number of amides is 1. The Kier molecular flexibility index (Phi) is 6.42. The second-order valence-corrected chi connectivity index (χ2v) is 8.46. The Bertz CT molecular complexity index is 1400. The molecule has 3 aromatic carbocycles. The molecule has 33 heavy (non-hydrogen) atoms. The van der Waals surface area contributed by atoms with Gasteiger partial charge in [0.25, 0.3) is 11.5 Å². The first kappa shape index (κ1) is 22.5. The summed E-state index contributed by atoms with van der Waals surface area (Å²) in [4.78, 5) is 38.9. The summed E-state index contributed by atoms with van der Waals surface area (Å²) >= 11 is 3.34. The molecule has 0 aliphatic carbocycles. The van der Waals surface area contributed by atoms with E-state index in [9.17, 15) is 14.4 Å². The normalized spacial score (nSPS) is 11.7. The van der Waals surface area contributed by atoms with E-state index in [0.717, 1.165) is 10.0 Å². The van der Waals surface area contributed by atoms with E-state index in [2.05, 4.69) is 21.2 Å². The number of fused-ring (bicyclic) bond motifs is 1. The zero-order chi connectivity index (χ0) is 23.5. The van der Waals surface area contributed by atoms with Gasteiger partial charge in [-0.1, -0.05) is 64.5 Å². The van der Waals surface area contributed by atoms with Crippen molar-refractivity contribution in [1.29, 1.82) is 0 Å². The van der Waals surface area contributed by atoms with Crippen molar-refractivity contribution in [3.63, 3.8) is 0 Å². The van der Waals surface area contributed by atoms with Crippen molar-refractivity contribution >= 4 is 44.3 Å². The van der Waals surface area contributed by atoms with Crippen LogP contribution in [0.4, 0.5) is 5.69 Å². The summed E-state index contributed by atoms with van der Waals surface area (Å²) in [6.45, 7) is 1.49. The number of benzene rings is 3. The number of hydrogen-bond donors (Lipinski definition) is 1. The van der Waals surface area contributed by atoms with Crippen molar-refractivity contribution in [2.45, 2.75) is 13.0 Å². The van der Waals surface area contributed by atoms with Crippen LogP contribution in [0.1, 0.15) is 17.4 Å². The quantitative estimate of drug-likeness (QED) is 0.381. The smallest absolute Gasteiger partial charge is 0.356 e. The Labute approximate surface area is 198 Å². The van der Waals surface area contributed by atoms with Crippen LogP contribution < -0.4 is 10.9 Å². The van der Waals surface area contributed by atoms with Gasteiger partial charge in [-0.2, -0.15) is 0 Å². The van der Waals surface area contributed by atoms with Crippen molar-refractivity contribution in [3.8, 4) is 11.1 Å². The standard InChI is InChI=1S/C26H21BrN2O4/c1-16(24(30)28-19-14-12-18(27)13-15-19)33-26(32)23-22(17-8-4-3-5-9-17)20-10-6-7-11-21(20)25(31)29(23)2/h3-16H,1-2H3,(H,28,30).